The Kier molecular flexibility index (Phi) is 2.77. The number of rotatable bonds is 1. The van der Waals surface area contributed by atoms with Crippen LogP contribution in [0.15, 0.2) is 11.1 Å². The number of hydrogen-bond donors (Lipinski definition) is 0. The standard InChI is InChI=1S/C7H8ClNO4/c1-9-5(10)3-4(8)6(9)13-7(11)12-2/h3,6H,1-2H3. The molecule has 0 radical (unpaired) electrons. The lowest BCUT2D eigenvalue weighted by molar-refractivity contribution is -0.129. The summed E-state index contributed by atoms with van der Waals surface area (Å²) in [6.07, 6.45) is -0.547. The Morgan fingerprint density at radius 1 is 1.69 bits per heavy atom. The lowest BCUT2D eigenvalue weighted by Gasteiger charge is -2.19. The molecule has 0 saturated carbocycles. The SMILES string of the molecule is COC(=O)OC1C(Cl)=CC(=O)N1C. The van der Waals surface area contributed by atoms with Crippen LogP contribution in [0.5, 0.6) is 0 Å². The van der Waals surface area contributed by atoms with Crippen molar-refractivity contribution in [3.05, 3.63) is 11.1 Å². The molecular formula is C7H8ClNO4. The summed E-state index contributed by atoms with van der Waals surface area (Å²) in [6, 6.07) is 0. The van der Waals surface area contributed by atoms with Gasteiger partial charge in [-0.15, -0.1) is 0 Å². The first-order valence-corrected chi connectivity index (χ1v) is 3.82. The number of halogens is 1. The zero-order chi connectivity index (χ0) is 10.0. The molecule has 1 aliphatic rings. The second-order valence-corrected chi connectivity index (χ2v) is 2.84. The molecule has 72 valence electrons. The Labute approximate surface area is 79.8 Å². The van der Waals surface area contributed by atoms with E-state index in [1.165, 1.54) is 25.1 Å². The van der Waals surface area contributed by atoms with Crippen LogP contribution in [0, 0.1) is 0 Å². The van der Waals surface area contributed by atoms with Gasteiger partial charge in [0.25, 0.3) is 5.91 Å². The van der Waals surface area contributed by atoms with E-state index in [1.807, 2.05) is 0 Å². The summed E-state index contributed by atoms with van der Waals surface area (Å²) in [6.45, 7) is 0. The molecule has 6 heteroatoms. The molecule has 1 amide bonds. The number of methoxy groups -OCH3 is 1. The maximum atomic E-state index is 11.0. The summed E-state index contributed by atoms with van der Waals surface area (Å²) in [4.78, 5) is 22.9. The monoisotopic (exact) mass is 205 g/mol. The van der Waals surface area contributed by atoms with E-state index in [-0.39, 0.29) is 10.9 Å². The van der Waals surface area contributed by atoms with Crippen LogP contribution in [-0.4, -0.2) is 37.3 Å². The second kappa shape index (κ2) is 3.66. The molecule has 0 saturated heterocycles. The molecule has 0 aliphatic carbocycles. The van der Waals surface area contributed by atoms with E-state index in [2.05, 4.69) is 4.74 Å². The quantitative estimate of drug-likeness (QED) is 0.591. The van der Waals surface area contributed by atoms with Gasteiger partial charge in [-0.05, 0) is 0 Å². The molecule has 1 unspecified atom stereocenters. The van der Waals surface area contributed by atoms with Crippen molar-refractivity contribution in [3.63, 3.8) is 0 Å². The predicted octanol–water partition coefficient (Wildman–Crippen LogP) is 0.690. The van der Waals surface area contributed by atoms with Crippen LogP contribution in [0.1, 0.15) is 0 Å². The Balaban J connectivity index is 2.66. The Bertz CT molecular complexity index is 276. The number of likely N-dealkylation sites (N-methyl/N-ethyl adjacent to an activating group) is 1. The molecule has 5 nitrogen and oxygen atoms in total. The van der Waals surface area contributed by atoms with Crippen molar-refractivity contribution in [1.82, 2.24) is 4.90 Å². The minimum Gasteiger partial charge on any atom is -0.438 e. The molecule has 1 atom stereocenters. The highest BCUT2D eigenvalue weighted by atomic mass is 35.5. The molecule has 0 N–H and O–H groups in total. The van der Waals surface area contributed by atoms with E-state index < -0.39 is 12.4 Å². The van der Waals surface area contributed by atoms with E-state index in [9.17, 15) is 9.59 Å². The van der Waals surface area contributed by atoms with Gasteiger partial charge in [-0.1, -0.05) is 11.6 Å². The van der Waals surface area contributed by atoms with E-state index in [0.29, 0.717) is 0 Å². The summed E-state index contributed by atoms with van der Waals surface area (Å²) < 4.78 is 8.96. The van der Waals surface area contributed by atoms with Crippen LogP contribution in [0.2, 0.25) is 0 Å². The van der Waals surface area contributed by atoms with Crippen molar-refractivity contribution < 1.29 is 19.1 Å². The first kappa shape index (κ1) is 9.85. The first-order chi connectivity index (χ1) is 6.06. The molecule has 0 fully saturated rings. The first-order valence-electron chi connectivity index (χ1n) is 3.44. The number of carbonyl (C=O) groups excluding carboxylic acids is 2. The third-order valence-corrected chi connectivity index (χ3v) is 1.87. The van der Waals surface area contributed by atoms with Crippen LogP contribution < -0.4 is 0 Å². The van der Waals surface area contributed by atoms with Crippen molar-refractivity contribution in [3.8, 4) is 0 Å². The van der Waals surface area contributed by atoms with Gasteiger partial charge in [0.05, 0.1) is 12.1 Å². The fraction of sp³-hybridized carbons (Fsp3) is 0.429. The third-order valence-electron chi connectivity index (χ3n) is 1.57. The zero-order valence-electron chi connectivity index (χ0n) is 7.11. The average molecular weight is 206 g/mol. The number of amides is 1. The Morgan fingerprint density at radius 3 is 2.69 bits per heavy atom. The predicted molar refractivity (Wildman–Crippen MR) is 44.0 cm³/mol. The van der Waals surface area contributed by atoms with E-state index in [0.717, 1.165) is 0 Å². The molecule has 0 aromatic carbocycles. The minimum atomic E-state index is -0.877. The van der Waals surface area contributed by atoms with Gasteiger partial charge in [-0.2, -0.15) is 0 Å². The number of carbonyl (C=O) groups is 2. The summed E-state index contributed by atoms with van der Waals surface area (Å²) in [5, 5.41) is 0.165. The van der Waals surface area contributed by atoms with Gasteiger partial charge in [0, 0.05) is 13.1 Å². The van der Waals surface area contributed by atoms with E-state index in [4.69, 9.17) is 16.3 Å². The number of hydrogen-bond acceptors (Lipinski definition) is 4. The minimum absolute atomic E-state index is 0.165. The molecular weight excluding hydrogens is 198 g/mol. The summed E-state index contributed by atoms with van der Waals surface area (Å²) >= 11 is 5.63. The highest BCUT2D eigenvalue weighted by Gasteiger charge is 2.32. The molecule has 0 aromatic heterocycles. The van der Waals surface area contributed by atoms with Crippen LogP contribution in [0.25, 0.3) is 0 Å². The third kappa shape index (κ3) is 1.92. The summed E-state index contributed by atoms with van der Waals surface area (Å²) in [7, 11) is 2.65. The second-order valence-electron chi connectivity index (χ2n) is 2.40. The number of ether oxygens (including phenoxy) is 2. The van der Waals surface area contributed by atoms with Crippen molar-refractivity contribution in [2.45, 2.75) is 6.23 Å². The lowest BCUT2D eigenvalue weighted by atomic mass is 10.5. The molecule has 13 heavy (non-hydrogen) atoms. The van der Waals surface area contributed by atoms with Crippen LogP contribution in [0.3, 0.4) is 0 Å². The van der Waals surface area contributed by atoms with Gasteiger partial charge in [0.15, 0.2) is 0 Å². The van der Waals surface area contributed by atoms with Crippen molar-refractivity contribution in [2.24, 2.45) is 0 Å². The van der Waals surface area contributed by atoms with Gasteiger partial charge >= 0.3 is 6.16 Å². The molecule has 0 aromatic rings. The van der Waals surface area contributed by atoms with Gasteiger partial charge < -0.3 is 14.4 Å². The summed E-state index contributed by atoms with van der Waals surface area (Å²) in [5.41, 5.74) is 0. The molecule has 0 bridgehead atoms. The fourth-order valence-electron chi connectivity index (χ4n) is 0.866. The van der Waals surface area contributed by atoms with Gasteiger partial charge in [-0.3, -0.25) is 4.79 Å². The van der Waals surface area contributed by atoms with Gasteiger partial charge in [0.2, 0.25) is 6.23 Å². The van der Waals surface area contributed by atoms with Crippen LogP contribution in [-0.2, 0) is 14.3 Å². The normalized spacial score (nSPS) is 21.5. The maximum absolute atomic E-state index is 11.0. The largest absolute Gasteiger partial charge is 0.510 e. The van der Waals surface area contributed by atoms with Gasteiger partial charge in [-0.25, -0.2) is 4.79 Å². The Hall–Kier alpha value is -1.23. The van der Waals surface area contributed by atoms with Crippen molar-refractivity contribution in [2.75, 3.05) is 14.2 Å². The fourth-order valence-corrected chi connectivity index (χ4v) is 1.15. The lowest BCUT2D eigenvalue weighted by Crippen LogP contribution is -2.34. The Morgan fingerprint density at radius 2 is 2.31 bits per heavy atom. The smallest absolute Gasteiger partial charge is 0.438 e. The topological polar surface area (TPSA) is 55.8 Å². The van der Waals surface area contributed by atoms with Crippen LogP contribution in [0.4, 0.5) is 4.79 Å². The van der Waals surface area contributed by atoms with E-state index >= 15 is 0 Å². The number of nitrogens with zero attached hydrogens (tertiary/aromatic N) is 1. The van der Waals surface area contributed by atoms with Crippen molar-refractivity contribution in [1.29, 1.82) is 0 Å². The van der Waals surface area contributed by atoms with Crippen molar-refractivity contribution >= 4 is 23.7 Å². The van der Waals surface area contributed by atoms with Gasteiger partial charge in [0.1, 0.15) is 0 Å². The molecule has 1 aliphatic heterocycles. The molecule has 1 rings (SSSR count). The zero-order valence-corrected chi connectivity index (χ0v) is 7.87. The van der Waals surface area contributed by atoms with Crippen LogP contribution >= 0.6 is 11.6 Å². The maximum Gasteiger partial charge on any atom is 0.510 e. The molecule has 0 spiro atoms. The highest BCUT2D eigenvalue weighted by molar-refractivity contribution is 6.32. The van der Waals surface area contributed by atoms with E-state index in [1.54, 1.807) is 0 Å². The summed E-state index contributed by atoms with van der Waals surface area (Å²) in [5.74, 6) is -0.307. The molecule has 1 heterocycles. The highest BCUT2D eigenvalue weighted by Crippen LogP contribution is 2.22. The average Bonchev–Trinajstić information content (AvgIpc) is 2.32.